The van der Waals surface area contributed by atoms with E-state index in [2.05, 4.69) is 9.15 Å². The van der Waals surface area contributed by atoms with Gasteiger partial charge in [-0.3, -0.25) is 4.79 Å². The molecule has 5 heteroatoms. The van der Waals surface area contributed by atoms with Crippen LogP contribution in [0.3, 0.4) is 0 Å². The van der Waals surface area contributed by atoms with Crippen LogP contribution in [0.1, 0.15) is 10.4 Å². The molecule has 0 aliphatic heterocycles. The first-order chi connectivity index (χ1) is 6.16. The first-order valence-corrected chi connectivity index (χ1v) is 3.45. The first-order valence-electron chi connectivity index (χ1n) is 3.45. The van der Waals surface area contributed by atoms with Gasteiger partial charge >= 0.3 is 5.97 Å². The molecule has 0 aromatic carbocycles. The van der Waals surface area contributed by atoms with E-state index in [0.717, 1.165) is 13.4 Å². The Morgan fingerprint density at radius 3 is 2.77 bits per heavy atom. The lowest BCUT2D eigenvalue weighted by molar-refractivity contribution is -0.144. The molecule has 0 spiro atoms. The zero-order valence-corrected chi connectivity index (χ0v) is 6.82. The summed E-state index contributed by atoms with van der Waals surface area (Å²) < 4.78 is 21.5. The lowest BCUT2D eigenvalue weighted by Gasteiger charge is -2.01. The molecule has 70 valence electrons. The summed E-state index contributed by atoms with van der Waals surface area (Å²) >= 11 is 0. The van der Waals surface area contributed by atoms with Crippen LogP contribution in [-0.2, 0) is 9.53 Å². The molecule has 0 saturated heterocycles. The van der Waals surface area contributed by atoms with Crippen molar-refractivity contribution in [3.63, 3.8) is 0 Å². The van der Waals surface area contributed by atoms with Gasteiger partial charge in [0.25, 0.3) is 6.17 Å². The van der Waals surface area contributed by atoms with Gasteiger partial charge in [0.1, 0.15) is 6.26 Å². The van der Waals surface area contributed by atoms with Crippen molar-refractivity contribution in [1.29, 1.82) is 0 Å². The third-order valence-corrected chi connectivity index (χ3v) is 1.44. The molecule has 0 aliphatic rings. The van der Waals surface area contributed by atoms with Gasteiger partial charge in [-0.25, -0.2) is 9.18 Å². The molecule has 1 heterocycles. The Morgan fingerprint density at radius 2 is 2.31 bits per heavy atom. The Hall–Kier alpha value is -1.65. The number of carbonyl (C=O) groups excluding carboxylic acids is 2. The molecular weight excluding hydrogens is 179 g/mol. The van der Waals surface area contributed by atoms with Gasteiger partial charge in [-0.15, -0.1) is 0 Å². The summed E-state index contributed by atoms with van der Waals surface area (Å²) in [6, 6.07) is 1.28. The van der Waals surface area contributed by atoms with E-state index in [1.54, 1.807) is 0 Å². The van der Waals surface area contributed by atoms with Crippen LogP contribution in [0.4, 0.5) is 4.39 Å². The molecule has 1 unspecified atom stereocenters. The van der Waals surface area contributed by atoms with E-state index in [9.17, 15) is 14.0 Å². The van der Waals surface area contributed by atoms with Gasteiger partial charge in [0, 0.05) is 0 Å². The van der Waals surface area contributed by atoms with Crippen molar-refractivity contribution in [1.82, 2.24) is 0 Å². The average Bonchev–Trinajstić information content (AvgIpc) is 2.67. The zero-order chi connectivity index (χ0) is 9.84. The first kappa shape index (κ1) is 9.44. The fourth-order valence-electron chi connectivity index (χ4n) is 0.762. The van der Waals surface area contributed by atoms with Crippen LogP contribution in [-0.4, -0.2) is 25.0 Å². The van der Waals surface area contributed by atoms with Crippen LogP contribution in [0, 0.1) is 0 Å². The normalized spacial score (nSPS) is 12.2. The quantitative estimate of drug-likeness (QED) is 0.401. The van der Waals surface area contributed by atoms with Gasteiger partial charge in [0.15, 0.2) is 0 Å². The molecule has 1 aromatic rings. The molecule has 0 N–H and O–H groups in total. The second-order valence-electron chi connectivity index (χ2n) is 2.26. The maximum absolute atomic E-state index is 12.9. The summed E-state index contributed by atoms with van der Waals surface area (Å²) in [6.07, 6.45) is 0.0114. The maximum Gasteiger partial charge on any atom is 0.348 e. The second-order valence-corrected chi connectivity index (χ2v) is 2.26. The minimum absolute atomic E-state index is 0.0119. The lowest BCUT2D eigenvalue weighted by Crippen LogP contribution is -2.26. The largest absolute Gasteiger partial charge is 0.472 e. The van der Waals surface area contributed by atoms with Gasteiger partial charge in [-0.1, -0.05) is 0 Å². The Morgan fingerprint density at radius 1 is 1.62 bits per heavy atom. The van der Waals surface area contributed by atoms with Crippen molar-refractivity contribution in [2.75, 3.05) is 7.11 Å². The summed E-state index contributed by atoms with van der Waals surface area (Å²) in [5, 5.41) is 0. The minimum atomic E-state index is -2.28. The van der Waals surface area contributed by atoms with E-state index in [1.807, 2.05) is 0 Å². The minimum Gasteiger partial charge on any atom is -0.472 e. The summed E-state index contributed by atoms with van der Waals surface area (Å²) in [4.78, 5) is 21.7. The highest BCUT2D eigenvalue weighted by molar-refractivity contribution is 6.10. The standard InChI is InChI=1S/C8H7FO4/c1-12-8(11)6(9)7(10)5-2-3-13-4-5/h2-4,6H,1H3. The second kappa shape index (κ2) is 3.84. The number of Topliss-reactive ketones (excluding diaryl/α,β-unsaturated/α-hetero) is 1. The molecular formula is C8H7FO4. The molecule has 4 nitrogen and oxygen atoms in total. The van der Waals surface area contributed by atoms with Crippen LogP contribution in [0.15, 0.2) is 23.0 Å². The van der Waals surface area contributed by atoms with E-state index in [-0.39, 0.29) is 5.56 Å². The zero-order valence-electron chi connectivity index (χ0n) is 6.82. The van der Waals surface area contributed by atoms with Crippen LogP contribution < -0.4 is 0 Å². The number of alkyl halides is 1. The summed E-state index contributed by atoms with van der Waals surface area (Å²) in [5.74, 6) is -2.16. The monoisotopic (exact) mass is 186 g/mol. The van der Waals surface area contributed by atoms with Crippen LogP contribution in [0.25, 0.3) is 0 Å². The van der Waals surface area contributed by atoms with Crippen molar-refractivity contribution >= 4 is 11.8 Å². The molecule has 0 fully saturated rings. The van der Waals surface area contributed by atoms with Crippen molar-refractivity contribution in [3.8, 4) is 0 Å². The highest BCUT2D eigenvalue weighted by Gasteiger charge is 2.28. The topological polar surface area (TPSA) is 56.5 Å². The highest BCUT2D eigenvalue weighted by Crippen LogP contribution is 2.08. The maximum atomic E-state index is 12.9. The highest BCUT2D eigenvalue weighted by atomic mass is 19.1. The number of carbonyl (C=O) groups is 2. The number of ether oxygens (including phenoxy) is 1. The fourth-order valence-corrected chi connectivity index (χ4v) is 0.762. The van der Waals surface area contributed by atoms with Gasteiger partial charge in [-0.05, 0) is 6.07 Å². The van der Waals surface area contributed by atoms with Crippen LogP contribution in [0.2, 0.25) is 0 Å². The van der Waals surface area contributed by atoms with E-state index in [0.29, 0.717) is 0 Å². The molecule has 1 aromatic heterocycles. The summed E-state index contributed by atoms with van der Waals surface area (Å²) in [7, 11) is 1.01. The third-order valence-electron chi connectivity index (χ3n) is 1.44. The van der Waals surface area contributed by atoms with Crippen molar-refractivity contribution in [3.05, 3.63) is 24.2 Å². The van der Waals surface area contributed by atoms with Crippen LogP contribution in [0.5, 0.6) is 0 Å². The molecule has 1 rings (SSSR count). The van der Waals surface area contributed by atoms with Crippen molar-refractivity contribution < 1.29 is 23.1 Å². The molecule has 13 heavy (non-hydrogen) atoms. The number of furan rings is 1. The van der Waals surface area contributed by atoms with E-state index in [1.165, 1.54) is 12.3 Å². The SMILES string of the molecule is COC(=O)C(F)C(=O)c1ccoc1. The molecule has 1 atom stereocenters. The average molecular weight is 186 g/mol. The summed E-state index contributed by atoms with van der Waals surface area (Å²) in [6.45, 7) is 0. The van der Waals surface area contributed by atoms with E-state index >= 15 is 0 Å². The van der Waals surface area contributed by atoms with Crippen LogP contribution >= 0.6 is 0 Å². The number of esters is 1. The number of hydrogen-bond acceptors (Lipinski definition) is 4. The van der Waals surface area contributed by atoms with E-state index < -0.39 is 17.9 Å². The van der Waals surface area contributed by atoms with Gasteiger partial charge in [0.05, 0.1) is 18.9 Å². The smallest absolute Gasteiger partial charge is 0.348 e. The number of rotatable bonds is 3. The molecule has 0 amide bonds. The molecule has 0 radical (unpaired) electrons. The third kappa shape index (κ3) is 1.93. The van der Waals surface area contributed by atoms with E-state index in [4.69, 9.17) is 0 Å². The Labute approximate surface area is 73.3 Å². The number of ketones is 1. The number of halogens is 1. The molecule has 0 aliphatic carbocycles. The fraction of sp³-hybridized carbons (Fsp3) is 0.250. The van der Waals surface area contributed by atoms with Gasteiger partial charge in [0.2, 0.25) is 5.78 Å². The van der Waals surface area contributed by atoms with Crippen molar-refractivity contribution in [2.45, 2.75) is 6.17 Å². The Bertz CT molecular complexity index is 304. The summed E-state index contributed by atoms with van der Waals surface area (Å²) in [5.41, 5.74) is 0.0119. The predicted octanol–water partition coefficient (Wildman–Crippen LogP) is 0.973. The van der Waals surface area contributed by atoms with Crippen molar-refractivity contribution in [2.24, 2.45) is 0 Å². The Kier molecular flexibility index (Phi) is 2.79. The van der Waals surface area contributed by atoms with Gasteiger partial charge < -0.3 is 9.15 Å². The van der Waals surface area contributed by atoms with Gasteiger partial charge in [-0.2, -0.15) is 0 Å². The number of hydrogen-bond donors (Lipinski definition) is 0. The Balaban J connectivity index is 2.74. The molecule has 0 bridgehead atoms. The molecule has 0 saturated carbocycles. The lowest BCUT2D eigenvalue weighted by atomic mass is 10.1. The predicted molar refractivity (Wildman–Crippen MR) is 40.0 cm³/mol. The number of methoxy groups -OCH3 is 1.